The molecular formula is C19H19BrN2O2. The number of fused-ring (bicyclic) bond motifs is 1. The van der Waals surface area contributed by atoms with Gasteiger partial charge in [-0.15, -0.1) is 0 Å². The third kappa shape index (κ3) is 3.51. The van der Waals surface area contributed by atoms with E-state index in [9.17, 15) is 9.59 Å². The summed E-state index contributed by atoms with van der Waals surface area (Å²) >= 11 is 3.39. The highest BCUT2D eigenvalue weighted by Gasteiger charge is 2.24. The van der Waals surface area contributed by atoms with Crippen LogP contribution in [0.5, 0.6) is 0 Å². The van der Waals surface area contributed by atoms with Crippen molar-refractivity contribution >= 4 is 39.1 Å². The molecule has 0 spiro atoms. The number of rotatable bonds is 4. The lowest BCUT2D eigenvalue weighted by Gasteiger charge is -2.23. The van der Waals surface area contributed by atoms with Crippen LogP contribution in [0.1, 0.15) is 18.9 Å². The van der Waals surface area contributed by atoms with Gasteiger partial charge in [0.25, 0.3) is 0 Å². The van der Waals surface area contributed by atoms with Crippen LogP contribution in [0, 0.1) is 0 Å². The number of nitrogens with zero attached hydrogens (tertiary/aromatic N) is 2. The highest BCUT2D eigenvalue weighted by Crippen LogP contribution is 2.28. The average Bonchev–Trinajstić information content (AvgIpc) is 3.00. The molecule has 0 aliphatic carbocycles. The van der Waals surface area contributed by atoms with Gasteiger partial charge >= 0.3 is 0 Å². The van der Waals surface area contributed by atoms with Gasteiger partial charge in [0.05, 0.1) is 0 Å². The second-order valence-electron chi connectivity index (χ2n) is 5.82. The summed E-state index contributed by atoms with van der Waals surface area (Å²) in [6.07, 6.45) is 1.20. The SMILES string of the molecule is CC(=O)N(CCC(=O)N1CCc2ccccc21)c1ccc(Br)cc1. The monoisotopic (exact) mass is 386 g/mol. The summed E-state index contributed by atoms with van der Waals surface area (Å²) in [6.45, 7) is 2.63. The van der Waals surface area contributed by atoms with Gasteiger partial charge in [-0.05, 0) is 42.3 Å². The maximum Gasteiger partial charge on any atom is 0.228 e. The van der Waals surface area contributed by atoms with Crippen LogP contribution in [0.4, 0.5) is 11.4 Å². The molecule has 1 aliphatic rings. The Morgan fingerprint density at radius 2 is 1.83 bits per heavy atom. The van der Waals surface area contributed by atoms with Crippen molar-refractivity contribution < 1.29 is 9.59 Å². The third-order valence-electron chi connectivity index (χ3n) is 4.26. The zero-order valence-corrected chi connectivity index (χ0v) is 15.1. The van der Waals surface area contributed by atoms with Crippen molar-refractivity contribution in [3.8, 4) is 0 Å². The van der Waals surface area contributed by atoms with Crippen molar-refractivity contribution in [1.82, 2.24) is 0 Å². The predicted molar refractivity (Wildman–Crippen MR) is 99.3 cm³/mol. The number of anilines is 2. The Morgan fingerprint density at radius 1 is 1.12 bits per heavy atom. The Morgan fingerprint density at radius 3 is 2.54 bits per heavy atom. The van der Waals surface area contributed by atoms with Crippen molar-refractivity contribution in [1.29, 1.82) is 0 Å². The predicted octanol–water partition coefficient (Wildman–Crippen LogP) is 3.78. The van der Waals surface area contributed by atoms with Crippen LogP contribution in [0.15, 0.2) is 53.0 Å². The molecule has 0 fully saturated rings. The minimum absolute atomic E-state index is 0.0586. The topological polar surface area (TPSA) is 40.6 Å². The zero-order valence-electron chi connectivity index (χ0n) is 13.5. The molecule has 0 unspecified atom stereocenters. The molecule has 0 radical (unpaired) electrons. The standard InChI is InChI=1S/C19H19BrN2O2/c1-14(23)21(17-8-6-16(20)7-9-17)13-11-19(24)22-12-10-15-4-2-3-5-18(15)22/h2-9H,10-13H2,1H3. The van der Waals surface area contributed by atoms with E-state index in [1.54, 1.807) is 4.90 Å². The van der Waals surface area contributed by atoms with E-state index in [1.165, 1.54) is 12.5 Å². The Labute approximate surface area is 150 Å². The lowest BCUT2D eigenvalue weighted by atomic mass is 10.2. The van der Waals surface area contributed by atoms with Crippen molar-refractivity contribution in [3.63, 3.8) is 0 Å². The molecule has 2 aromatic carbocycles. The summed E-state index contributed by atoms with van der Waals surface area (Å²) in [5.41, 5.74) is 3.02. The largest absolute Gasteiger partial charge is 0.312 e. The summed E-state index contributed by atoms with van der Waals surface area (Å²) in [5, 5.41) is 0. The number of hydrogen-bond acceptors (Lipinski definition) is 2. The first-order chi connectivity index (χ1) is 11.6. The van der Waals surface area contributed by atoms with Crippen molar-refractivity contribution in [2.24, 2.45) is 0 Å². The van der Waals surface area contributed by atoms with Gasteiger partial charge in [0.2, 0.25) is 11.8 Å². The number of carbonyl (C=O) groups is 2. The normalized spacial score (nSPS) is 12.8. The molecule has 0 atom stereocenters. The molecule has 0 saturated carbocycles. The van der Waals surface area contributed by atoms with E-state index in [4.69, 9.17) is 0 Å². The highest BCUT2D eigenvalue weighted by molar-refractivity contribution is 9.10. The third-order valence-corrected chi connectivity index (χ3v) is 4.78. The van der Waals surface area contributed by atoms with Gasteiger partial charge < -0.3 is 9.80 Å². The van der Waals surface area contributed by atoms with Gasteiger partial charge in [0.1, 0.15) is 0 Å². The summed E-state index contributed by atoms with van der Waals surface area (Å²) in [4.78, 5) is 28.0. The van der Waals surface area contributed by atoms with E-state index < -0.39 is 0 Å². The molecule has 1 heterocycles. The number of halogens is 1. The van der Waals surface area contributed by atoms with Crippen molar-refractivity contribution in [2.45, 2.75) is 19.8 Å². The molecule has 1 aliphatic heterocycles. The van der Waals surface area contributed by atoms with Crippen LogP contribution in [0.2, 0.25) is 0 Å². The van der Waals surface area contributed by atoms with Crippen LogP contribution in [-0.2, 0) is 16.0 Å². The number of amides is 2. The van der Waals surface area contributed by atoms with Crippen molar-refractivity contribution in [2.75, 3.05) is 22.9 Å². The van der Waals surface area contributed by atoms with Gasteiger partial charge in [-0.3, -0.25) is 9.59 Å². The Balaban J connectivity index is 1.68. The number of para-hydroxylation sites is 1. The molecule has 0 aromatic heterocycles. The molecule has 24 heavy (non-hydrogen) atoms. The van der Waals surface area contributed by atoms with Gasteiger partial charge in [-0.1, -0.05) is 34.1 Å². The fraction of sp³-hybridized carbons (Fsp3) is 0.263. The first-order valence-electron chi connectivity index (χ1n) is 7.98. The van der Waals surface area contributed by atoms with Crippen LogP contribution in [-0.4, -0.2) is 24.9 Å². The Hall–Kier alpha value is -2.14. The fourth-order valence-electron chi connectivity index (χ4n) is 3.03. The minimum Gasteiger partial charge on any atom is -0.312 e. The van der Waals surface area contributed by atoms with E-state index in [-0.39, 0.29) is 11.8 Å². The maximum atomic E-state index is 12.6. The minimum atomic E-state index is -0.0630. The van der Waals surface area contributed by atoms with Crippen LogP contribution < -0.4 is 9.80 Å². The molecule has 5 heteroatoms. The Kier molecular flexibility index (Phi) is 5.00. The smallest absolute Gasteiger partial charge is 0.228 e. The maximum absolute atomic E-state index is 12.6. The van der Waals surface area contributed by atoms with E-state index >= 15 is 0 Å². The number of benzene rings is 2. The molecular weight excluding hydrogens is 368 g/mol. The summed E-state index contributed by atoms with van der Waals surface area (Å²) < 4.78 is 0.958. The molecule has 4 nitrogen and oxygen atoms in total. The quantitative estimate of drug-likeness (QED) is 0.801. The lowest BCUT2D eigenvalue weighted by Crippen LogP contribution is -2.35. The van der Waals surface area contributed by atoms with E-state index in [0.29, 0.717) is 13.0 Å². The van der Waals surface area contributed by atoms with E-state index in [1.807, 2.05) is 47.4 Å². The molecule has 0 N–H and O–H groups in total. The molecule has 0 bridgehead atoms. The molecule has 124 valence electrons. The van der Waals surface area contributed by atoms with Crippen molar-refractivity contribution in [3.05, 3.63) is 58.6 Å². The van der Waals surface area contributed by atoms with Crippen LogP contribution in [0.3, 0.4) is 0 Å². The second-order valence-corrected chi connectivity index (χ2v) is 6.74. The molecule has 3 rings (SSSR count). The van der Waals surface area contributed by atoms with E-state index in [2.05, 4.69) is 22.0 Å². The number of carbonyl (C=O) groups excluding carboxylic acids is 2. The lowest BCUT2D eigenvalue weighted by molar-refractivity contribution is -0.118. The van der Waals surface area contributed by atoms with Crippen LogP contribution >= 0.6 is 15.9 Å². The van der Waals surface area contributed by atoms with Gasteiger partial charge in [0.15, 0.2) is 0 Å². The fourth-order valence-corrected chi connectivity index (χ4v) is 3.29. The molecule has 2 amide bonds. The van der Waals surface area contributed by atoms with Gasteiger partial charge in [0, 0.05) is 42.3 Å². The first kappa shape index (κ1) is 16.7. The summed E-state index contributed by atoms with van der Waals surface area (Å²) in [6, 6.07) is 15.5. The highest BCUT2D eigenvalue weighted by atomic mass is 79.9. The second kappa shape index (κ2) is 7.18. The number of hydrogen-bond donors (Lipinski definition) is 0. The zero-order chi connectivity index (χ0) is 17.1. The molecule has 2 aromatic rings. The molecule has 0 saturated heterocycles. The van der Waals surface area contributed by atoms with E-state index in [0.717, 1.165) is 28.8 Å². The summed E-state index contributed by atoms with van der Waals surface area (Å²) in [5.74, 6) is -0.00439. The average molecular weight is 387 g/mol. The van der Waals surface area contributed by atoms with Crippen LogP contribution in [0.25, 0.3) is 0 Å². The summed E-state index contributed by atoms with van der Waals surface area (Å²) in [7, 11) is 0. The van der Waals surface area contributed by atoms with Gasteiger partial charge in [-0.25, -0.2) is 0 Å². The van der Waals surface area contributed by atoms with Gasteiger partial charge in [-0.2, -0.15) is 0 Å². The first-order valence-corrected chi connectivity index (χ1v) is 8.77. The Bertz CT molecular complexity index is 758.